The summed E-state index contributed by atoms with van der Waals surface area (Å²) in [5.74, 6) is 0.410. The Hall–Kier alpha value is -4.43. The molecule has 1 aliphatic heterocycles. The Labute approximate surface area is 209 Å². The van der Waals surface area contributed by atoms with Crippen LogP contribution in [0, 0.1) is 0 Å². The number of hydrogen-bond donors (Lipinski definition) is 3. The van der Waals surface area contributed by atoms with Crippen molar-refractivity contribution in [1.29, 1.82) is 0 Å². The number of piperidine rings is 1. The van der Waals surface area contributed by atoms with E-state index >= 15 is 0 Å². The lowest BCUT2D eigenvalue weighted by Gasteiger charge is -2.32. The third-order valence-corrected chi connectivity index (χ3v) is 6.14. The van der Waals surface area contributed by atoms with Gasteiger partial charge < -0.3 is 26.4 Å². The largest absolute Gasteiger partial charge is 0.437 e. The van der Waals surface area contributed by atoms with Crippen molar-refractivity contribution < 1.29 is 9.53 Å². The Morgan fingerprint density at radius 3 is 2.17 bits per heavy atom. The van der Waals surface area contributed by atoms with Gasteiger partial charge in [-0.3, -0.25) is 4.79 Å². The van der Waals surface area contributed by atoms with Gasteiger partial charge in [-0.1, -0.05) is 48.5 Å². The number of nitrogens with two attached hydrogens (primary N) is 2. The summed E-state index contributed by atoms with van der Waals surface area (Å²) < 4.78 is 6.10. The molecule has 2 heterocycles. The third-order valence-electron chi connectivity index (χ3n) is 6.14. The van der Waals surface area contributed by atoms with E-state index in [4.69, 9.17) is 16.2 Å². The highest BCUT2D eigenvalue weighted by atomic mass is 16.5. The summed E-state index contributed by atoms with van der Waals surface area (Å²) in [6, 6.07) is 27.0. The van der Waals surface area contributed by atoms with Crippen molar-refractivity contribution in [2.24, 2.45) is 11.5 Å². The Morgan fingerprint density at radius 1 is 0.889 bits per heavy atom. The molecule has 36 heavy (non-hydrogen) atoms. The zero-order valence-electron chi connectivity index (χ0n) is 19.8. The molecule has 1 fully saturated rings. The smallest absolute Gasteiger partial charge is 0.271 e. The average Bonchev–Trinajstić information content (AvgIpc) is 2.91. The van der Waals surface area contributed by atoms with Gasteiger partial charge in [0.25, 0.3) is 5.91 Å². The van der Waals surface area contributed by atoms with Crippen LogP contribution in [-0.4, -0.2) is 35.0 Å². The Bertz CT molecular complexity index is 1320. The fraction of sp³-hybridized carbons (Fsp3) is 0.179. The molecule has 5 rings (SSSR count). The maximum atomic E-state index is 12.4. The molecule has 0 saturated carbocycles. The first-order valence-corrected chi connectivity index (χ1v) is 11.9. The van der Waals surface area contributed by atoms with Gasteiger partial charge in [-0.05, 0) is 49.2 Å². The molecule has 8 heteroatoms. The van der Waals surface area contributed by atoms with Gasteiger partial charge in [0.05, 0.1) is 0 Å². The normalized spacial score (nSPS) is 13.9. The monoisotopic (exact) mass is 480 g/mol. The number of carbonyl (C=O) groups is 1. The molecule has 182 valence electrons. The van der Waals surface area contributed by atoms with Crippen LogP contribution in [0.5, 0.6) is 11.6 Å². The highest BCUT2D eigenvalue weighted by Crippen LogP contribution is 2.33. The quantitative estimate of drug-likeness (QED) is 0.350. The Kier molecular flexibility index (Phi) is 6.77. The molecule has 0 atom stereocenters. The predicted molar refractivity (Wildman–Crippen MR) is 142 cm³/mol. The van der Waals surface area contributed by atoms with Crippen molar-refractivity contribution in [3.63, 3.8) is 0 Å². The molecule has 1 aromatic heterocycles. The van der Waals surface area contributed by atoms with Crippen molar-refractivity contribution in [3.8, 4) is 22.9 Å². The predicted octanol–water partition coefficient (Wildman–Crippen LogP) is 4.71. The highest BCUT2D eigenvalue weighted by Gasteiger charge is 2.21. The number of para-hydroxylation sites is 1. The lowest BCUT2D eigenvalue weighted by Crippen LogP contribution is -2.39. The molecule has 0 bridgehead atoms. The van der Waals surface area contributed by atoms with E-state index in [-0.39, 0.29) is 23.4 Å². The van der Waals surface area contributed by atoms with Gasteiger partial charge in [0.2, 0.25) is 5.88 Å². The summed E-state index contributed by atoms with van der Waals surface area (Å²) in [7, 11) is 0. The Morgan fingerprint density at radius 2 is 1.53 bits per heavy atom. The van der Waals surface area contributed by atoms with Crippen LogP contribution in [0.25, 0.3) is 11.3 Å². The zero-order valence-corrected chi connectivity index (χ0v) is 19.8. The van der Waals surface area contributed by atoms with Crippen molar-refractivity contribution in [2.45, 2.75) is 18.9 Å². The minimum atomic E-state index is -0.685. The highest BCUT2D eigenvalue weighted by molar-refractivity contribution is 5.97. The second kappa shape index (κ2) is 10.5. The number of primary amides is 1. The summed E-state index contributed by atoms with van der Waals surface area (Å²) in [5, 5.41) is 3.20. The number of amides is 1. The minimum absolute atomic E-state index is 0.0309. The number of nitrogens with zero attached hydrogens (tertiary/aromatic N) is 3. The first kappa shape index (κ1) is 23.3. The van der Waals surface area contributed by atoms with Crippen molar-refractivity contribution >= 4 is 23.1 Å². The molecule has 1 amide bonds. The van der Waals surface area contributed by atoms with Crippen molar-refractivity contribution in [3.05, 3.63) is 90.6 Å². The number of benzene rings is 3. The number of nitrogens with one attached hydrogen (secondary N) is 1. The van der Waals surface area contributed by atoms with E-state index < -0.39 is 5.91 Å². The molecular formula is C28H28N6O2. The first-order valence-electron chi connectivity index (χ1n) is 11.9. The third kappa shape index (κ3) is 5.29. The second-order valence-electron chi connectivity index (χ2n) is 8.72. The minimum Gasteiger partial charge on any atom is -0.437 e. The van der Waals surface area contributed by atoms with E-state index in [2.05, 4.69) is 20.2 Å². The lowest BCUT2D eigenvalue weighted by atomic mass is 10.1. The van der Waals surface area contributed by atoms with Crippen LogP contribution in [0.3, 0.4) is 0 Å². The molecule has 1 saturated heterocycles. The summed E-state index contributed by atoms with van der Waals surface area (Å²) in [4.78, 5) is 23.9. The van der Waals surface area contributed by atoms with Gasteiger partial charge in [0.1, 0.15) is 11.4 Å². The van der Waals surface area contributed by atoms with Crippen LogP contribution in [0.1, 0.15) is 23.3 Å². The first-order chi connectivity index (χ1) is 17.6. The summed E-state index contributed by atoms with van der Waals surface area (Å²) in [5.41, 5.74) is 14.8. The summed E-state index contributed by atoms with van der Waals surface area (Å²) in [6.07, 6.45) is 1.96. The van der Waals surface area contributed by atoms with E-state index in [1.54, 1.807) is 0 Å². The van der Waals surface area contributed by atoms with Crippen molar-refractivity contribution in [1.82, 2.24) is 9.97 Å². The van der Waals surface area contributed by atoms with E-state index in [1.165, 1.54) is 0 Å². The van der Waals surface area contributed by atoms with Crippen LogP contribution in [-0.2, 0) is 0 Å². The summed E-state index contributed by atoms with van der Waals surface area (Å²) in [6.45, 7) is 1.87. The maximum absolute atomic E-state index is 12.4. The van der Waals surface area contributed by atoms with Gasteiger partial charge in [-0.25, -0.2) is 4.98 Å². The molecule has 1 aliphatic rings. The molecule has 0 spiro atoms. The van der Waals surface area contributed by atoms with Crippen LogP contribution in [0.15, 0.2) is 84.9 Å². The maximum Gasteiger partial charge on any atom is 0.271 e. The molecule has 0 radical (unpaired) electrons. The molecule has 4 aromatic rings. The molecular weight excluding hydrogens is 452 g/mol. The van der Waals surface area contributed by atoms with Crippen LogP contribution in [0.4, 0.5) is 17.2 Å². The molecule has 0 aliphatic carbocycles. The van der Waals surface area contributed by atoms with E-state index in [1.807, 2.05) is 84.9 Å². The number of rotatable bonds is 7. The fourth-order valence-electron chi connectivity index (χ4n) is 4.18. The van der Waals surface area contributed by atoms with Crippen molar-refractivity contribution in [2.75, 3.05) is 23.3 Å². The fourth-order valence-corrected chi connectivity index (χ4v) is 4.18. The number of ether oxygens (including phenoxy) is 1. The van der Waals surface area contributed by atoms with E-state index in [0.717, 1.165) is 42.9 Å². The van der Waals surface area contributed by atoms with E-state index in [9.17, 15) is 4.79 Å². The lowest BCUT2D eigenvalue weighted by molar-refractivity contribution is 0.0996. The van der Waals surface area contributed by atoms with Gasteiger partial charge in [0, 0.05) is 36.1 Å². The van der Waals surface area contributed by atoms with Gasteiger partial charge >= 0.3 is 0 Å². The number of hydrogen-bond acceptors (Lipinski definition) is 7. The van der Waals surface area contributed by atoms with Crippen LogP contribution >= 0.6 is 0 Å². The zero-order chi connectivity index (χ0) is 24.9. The molecule has 3 aromatic carbocycles. The SMILES string of the molecule is NC(=O)c1nc(-c2ccccc2)c(Oc2ccccc2)nc1Nc1ccc(N2CCC(N)CC2)cc1. The standard InChI is InChI=1S/C28H28N6O2/c29-20-15-17-34(18-16-20)22-13-11-21(12-14-22)31-27-25(26(30)35)32-24(19-7-3-1-4-8-19)28(33-27)36-23-9-5-2-6-10-23/h1-14,20H,15-18,29H2,(H2,30,35)(H,31,33). The van der Waals surface area contributed by atoms with Crippen LogP contribution in [0.2, 0.25) is 0 Å². The van der Waals surface area contributed by atoms with Gasteiger partial charge in [0.15, 0.2) is 11.5 Å². The number of anilines is 3. The number of aromatic nitrogens is 2. The van der Waals surface area contributed by atoms with Crippen LogP contribution < -0.4 is 26.4 Å². The number of carbonyl (C=O) groups excluding carboxylic acids is 1. The topological polar surface area (TPSA) is 119 Å². The average molecular weight is 481 g/mol. The van der Waals surface area contributed by atoms with E-state index in [0.29, 0.717) is 11.4 Å². The van der Waals surface area contributed by atoms with Gasteiger partial charge in [-0.15, -0.1) is 0 Å². The molecule has 8 nitrogen and oxygen atoms in total. The Balaban J connectivity index is 1.48. The molecule has 0 unspecified atom stereocenters. The second-order valence-corrected chi connectivity index (χ2v) is 8.72. The summed E-state index contributed by atoms with van der Waals surface area (Å²) >= 11 is 0. The molecule has 5 N–H and O–H groups in total. The van der Waals surface area contributed by atoms with Gasteiger partial charge in [-0.2, -0.15) is 4.98 Å².